The zero-order chi connectivity index (χ0) is 19.5. The van der Waals surface area contributed by atoms with Crippen molar-refractivity contribution in [3.05, 3.63) is 82.7 Å². The first kappa shape index (κ1) is 17.8. The van der Waals surface area contributed by atoms with Crippen molar-refractivity contribution in [3.63, 3.8) is 0 Å². The second-order valence-electron chi connectivity index (χ2n) is 6.52. The molecule has 7 heteroatoms. The van der Waals surface area contributed by atoms with Gasteiger partial charge < -0.3 is 19.2 Å². The predicted octanol–water partition coefficient (Wildman–Crippen LogP) is 2.23. The Hall–Kier alpha value is -3.61. The lowest BCUT2D eigenvalue weighted by atomic mass is 10.0. The van der Waals surface area contributed by atoms with Gasteiger partial charge in [0.1, 0.15) is 5.56 Å². The van der Waals surface area contributed by atoms with Crippen molar-refractivity contribution in [1.29, 1.82) is 0 Å². The molecular formula is C21H19N3O4. The van der Waals surface area contributed by atoms with Crippen LogP contribution in [0.5, 0.6) is 0 Å². The molecular weight excluding hydrogens is 358 g/mol. The summed E-state index contributed by atoms with van der Waals surface area (Å²) >= 11 is 0. The van der Waals surface area contributed by atoms with Gasteiger partial charge in [0, 0.05) is 37.9 Å². The zero-order valence-corrected chi connectivity index (χ0v) is 15.1. The topological polar surface area (TPSA) is 86.6 Å². The number of amides is 2. The minimum absolute atomic E-state index is 0.125. The van der Waals surface area contributed by atoms with E-state index in [9.17, 15) is 14.4 Å². The first-order chi connectivity index (χ1) is 13.6. The third-order valence-electron chi connectivity index (χ3n) is 4.85. The molecule has 0 saturated carbocycles. The minimum atomic E-state index is -0.416. The van der Waals surface area contributed by atoms with Crippen LogP contribution < -0.4 is 5.56 Å². The van der Waals surface area contributed by atoms with Crippen molar-refractivity contribution in [3.8, 4) is 11.1 Å². The Kier molecular flexibility index (Phi) is 4.80. The van der Waals surface area contributed by atoms with Gasteiger partial charge in [0.15, 0.2) is 5.76 Å². The molecule has 1 saturated heterocycles. The number of pyridine rings is 1. The Balaban J connectivity index is 1.54. The maximum Gasteiger partial charge on any atom is 0.289 e. The maximum atomic E-state index is 13.1. The summed E-state index contributed by atoms with van der Waals surface area (Å²) in [6.45, 7) is 1.48. The molecule has 3 heterocycles. The fourth-order valence-electron chi connectivity index (χ4n) is 3.38. The van der Waals surface area contributed by atoms with Crippen molar-refractivity contribution < 1.29 is 14.0 Å². The summed E-state index contributed by atoms with van der Waals surface area (Å²) < 4.78 is 5.16. The summed E-state index contributed by atoms with van der Waals surface area (Å²) in [4.78, 5) is 43.8. The predicted molar refractivity (Wildman–Crippen MR) is 103 cm³/mol. The monoisotopic (exact) mass is 377 g/mol. The Morgan fingerprint density at radius 1 is 0.857 bits per heavy atom. The highest BCUT2D eigenvalue weighted by atomic mass is 16.3. The van der Waals surface area contributed by atoms with Crippen LogP contribution in [0.4, 0.5) is 0 Å². The number of aromatic amines is 1. The van der Waals surface area contributed by atoms with Crippen molar-refractivity contribution >= 4 is 11.8 Å². The number of piperazine rings is 1. The average molecular weight is 377 g/mol. The average Bonchev–Trinajstić information content (AvgIpc) is 3.28. The largest absolute Gasteiger partial charge is 0.459 e. The number of nitrogens with one attached hydrogen (secondary N) is 1. The fraction of sp³-hybridized carbons (Fsp3) is 0.190. The molecule has 1 aliphatic heterocycles. The molecule has 0 unspecified atom stereocenters. The second kappa shape index (κ2) is 7.56. The molecule has 3 aromatic rings. The van der Waals surface area contributed by atoms with Crippen LogP contribution in [-0.4, -0.2) is 52.8 Å². The van der Waals surface area contributed by atoms with Gasteiger partial charge in [0.05, 0.1) is 6.26 Å². The quantitative estimate of drug-likeness (QED) is 0.758. The first-order valence-electron chi connectivity index (χ1n) is 9.04. The molecule has 2 amide bonds. The summed E-state index contributed by atoms with van der Waals surface area (Å²) in [5.74, 6) is -0.240. The highest BCUT2D eigenvalue weighted by Crippen LogP contribution is 2.22. The Labute approximate surface area is 161 Å². The van der Waals surface area contributed by atoms with Gasteiger partial charge in [0.25, 0.3) is 17.4 Å². The van der Waals surface area contributed by atoms with E-state index >= 15 is 0 Å². The van der Waals surface area contributed by atoms with Crippen LogP contribution >= 0.6 is 0 Å². The zero-order valence-electron chi connectivity index (χ0n) is 15.1. The summed E-state index contributed by atoms with van der Waals surface area (Å²) in [6.07, 6.45) is 3.00. The van der Waals surface area contributed by atoms with Crippen LogP contribution in [0.2, 0.25) is 0 Å². The molecule has 2 aromatic heterocycles. The number of hydrogen-bond donors (Lipinski definition) is 1. The second-order valence-corrected chi connectivity index (χ2v) is 6.52. The van der Waals surface area contributed by atoms with E-state index in [-0.39, 0.29) is 23.1 Å². The smallest absolute Gasteiger partial charge is 0.289 e. The molecule has 0 bridgehead atoms. The number of furan rings is 1. The van der Waals surface area contributed by atoms with E-state index in [1.165, 1.54) is 6.26 Å². The fourth-order valence-corrected chi connectivity index (χ4v) is 3.38. The van der Waals surface area contributed by atoms with Crippen LogP contribution in [0.1, 0.15) is 20.9 Å². The molecule has 28 heavy (non-hydrogen) atoms. The Morgan fingerprint density at radius 2 is 1.54 bits per heavy atom. The molecule has 4 rings (SSSR count). The van der Waals surface area contributed by atoms with E-state index in [0.717, 1.165) is 5.56 Å². The van der Waals surface area contributed by atoms with E-state index in [0.29, 0.717) is 31.7 Å². The number of carbonyl (C=O) groups is 2. The maximum absolute atomic E-state index is 13.1. The van der Waals surface area contributed by atoms with E-state index in [2.05, 4.69) is 4.98 Å². The third kappa shape index (κ3) is 3.34. The van der Waals surface area contributed by atoms with Crippen LogP contribution in [0.25, 0.3) is 11.1 Å². The molecule has 0 atom stereocenters. The number of benzene rings is 1. The van der Waals surface area contributed by atoms with Gasteiger partial charge in [-0.2, -0.15) is 0 Å². The van der Waals surface area contributed by atoms with Crippen molar-refractivity contribution in [2.45, 2.75) is 0 Å². The first-order valence-corrected chi connectivity index (χ1v) is 9.04. The number of rotatable bonds is 3. The molecule has 0 aliphatic carbocycles. The van der Waals surface area contributed by atoms with Gasteiger partial charge >= 0.3 is 0 Å². The lowest BCUT2D eigenvalue weighted by Crippen LogP contribution is -2.51. The normalized spacial score (nSPS) is 14.1. The van der Waals surface area contributed by atoms with E-state index < -0.39 is 5.56 Å². The van der Waals surface area contributed by atoms with Gasteiger partial charge in [-0.3, -0.25) is 14.4 Å². The summed E-state index contributed by atoms with van der Waals surface area (Å²) in [7, 11) is 0. The van der Waals surface area contributed by atoms with Crippen molar-refractivity contribution in [2.75, 3.05) is 26.2 Å². The Bertz CT molecular complexity index is 1030. The molecule has 7 nitrogen and oxygen atoms in total. The SMILES string of the molecule is O=C(c1ccco1)N1CCN(C(=O)c2c(-c3ccccc3)cc[nH]c2=O)CC1. The van der Waals surface area contributed by atoms with Crippen LogP contribution in [0.3, 0.4) is 0 Å². The molecule has 1 fully saturated rings. The lowest BCUT2D eigenvalue weighted by molar-refractivity contribution is 0.0517. The van der Waals surface area contributed by atoms with Crippen LogP contribution in [-0.2, 0) is 0 Å². The lowest BCUT2D eigenvalue weighted by Gasteiger charge is -2.34. The molecule has 1 aromatic carbocycles. The molecule has 0 spiro atoms. The van der Waals surface area contributed by atoms with Gasteiger partial charge in [-0.25, -0.2) is 0 Å². The molecule has 0 radical (unpaired) electrons. The molecule has 1 N–H and O–H groups in total. The van der Waals surface area contributed by atoms with Crippen LogP contribution in [0, 0.1) is 0 Å². The molecule has 142 valence electrons. The van der Waals surface area contributed by atoms with Gasteiger partial charge in [-0.15, -0.1) is 0 Å². The summed E-state index contributed by atoms with van der Waals surface area (Å²) in [5, 5.41) is 0. The van der Waals surface area contributed by atoms with Crippen molar-refractivity contribution in [1.82, 2.24) is 14.8 Å². The number of hydrogen-bond acceptors (Lipinski definition) is 4. The van der Waals surface area contributed by atoms with E-state index in [1.807, 2.05) is 30.3 Å². The standard InChI is InChI=1S/C21H19N3O4/c25-19-18(16(8-9-22-19)15-5-2-1-3-6-15)21(27)24-12-10-23(11-13-24)20(26)17-7-4-14-28-17/h1-9,14H,10-13H2,(H,22,25). The third-order valence-corrected chi connectivity index (χ3v) is 4.85. The van der Waals surface area contributed by atoms with Gasteiger partial charge in [-0.05, 0) is 23.8 Å². The highest BCUT2D eigenvalue weighted by Gasteiger charge is 2.29. The van der Waals surface area contributed by atoms with E-state index in [4.69, 9.17) is 4.42 Å². The summed E-state index contributed by atoms with van der Waals surface area (Å²) in [6, 6.07) is 14.4. The minimum Gasteiger partial charge on any atom is -0.459 e. The number of aromatic nitrogens is 1. The summed E-state index contributed by atoms with van der Waals surface area (Å²) in [5.41, 5.74) is 1.12. The highest BCUT2D eigenvalue weighted by molar-refractivity contribution is 6.00. The Morgan fingerprint density at radius 3 is 2.18 bits per heavy atom. The number of carbonyl (C=O) groups excluding carboxylic acids is 2. The number of H-pyrrole nitrogens is 1. The van der Waals surface area contributed by atoms with E-state index in [1.54, 1.807) is 34.2 Å². The van der Waals surface area contributed by atoms with Gasteiger partial charge in [-0.1, -0.05) is 30.3 Å². The number of nitrogens with zero attached hydrogens (tertiary/aromatic N) is 2. The molecule has 1 aliphatic rings. The van der Waals surface area contributed by atoms with Crippen molar-refractivity contribution in [2.24, 2.45) is 0 Å². The van der Waals surface area contributed by atoms with Crippen LogP contribution in [0.15, 0.2) is 70.2 Å². The van der Waals surface area contributed by atoms with Gasteiger partial charge in [0.2, 0.25) is 0 Å².